The third kappa shape index (κ3) is 5.33. The molecule has 1 aliphatic rings. The molecule has 0 saturated carbocycles. The van der Waals surface area contributed by atoms with Gasteiger partial charge in [-0.3, -0.25) is 9.59 Å². The van der Waals surface area contributed by atoms with Crippen molar-refractivity contribution in [1.82, 2.24) is 10.2 Å². The molecule has 1 fully saturated rings. The minimum atomic E-state index is -0.540. The molecule has 0 radical (unpaired) electrons. The summed E-state index contributed by atoms with van der Waals surface area (Å²) in [5, 5.41) is 2.85. The summed E-state index contributed by atoms with van der Waals surface area (Å²) < 4.78 is 11.0. The predicted octanol–water partition coefficient (Wildman–Crippen LogP) is 2.04. The molecule has 1 heterocycles. The Labute approximate surface area is 165 Å². The lowest BCUT2D eigenvalue weighted by Gasteiger charge is -2.23. The fourth-order valence-electron chi connectivity index (χ4n) is 3.36. The zero-order valence-corrected chi connectivity index (χ0v) is 16.0. The molecular weight excluding hydrogens is 356 g/mol. The molecule has 1 aliphatic heterocycles. The van der Waals surface area contributed by atoms with Crippen molar-refractivity contribution in [2.45, 2.75) is 25.0 Å². The minimum Gasteiger partial charge on any atom is -0.488 e. The number of carbonyl (C=O) groups excluding carboxylic acids is 2. The lowest BCUT2D eigenvalue weighted by Crippen LogP contribution is -2.47. The summed E-state index contributed by atoms with van der Waals surface area (Å²) in [6.07, 6.45) is 0.509. The first-order valence-electron chi connectivity index (χ1n) is 9.49. The summed E-state index contributed by atoms with van der Waals surface area (Å²) in [4.78, 5) is 27.2. The van der Waals surface area contributed by atoms with Crippen LogP contribution in [0.15, 0.2) is 60.7 Å². The third-order valence-corrected chi connectivity index (χ3v) is 4.74. The average molecular weight is 382 g/mol. The number of para-hydroxylation sites is 1. The zero-order chi connectivity index (χ0) is 19.8. The van der Waals surface area contributed by atoms with Crippen molar-refractivity contribution in [3.8, 4) is 5.75 Å². The smallest absolute Gasteiger partial charge is 0.243 e. The maximum Gasteiger partial charge on any atom is 0.243 e. The van der Waals surface area contributed by atoms with Crippen LogP contribution in [0.2, 0.25) is 0 Å². The van der Waals surface area contributed by atoms with Gasteiger partial charge in [0.25, 0.3) is 0 Å². The van der Waals surface area contributed by atoms with Gasteiger partial charge in [0, 0.05) is 20.1 Å². The summed E-state index contributed by atoms with van der Waals surface area (Å²) in [7, 11) is 1.58. The highest BCUT2D eigenvalue weighted by molar-refractivity contribution is 5.89. The van der Waals surface area contributed by atoms with Crippen LogP contribution in [0.1, 0.15) is 12.0 Å². The Hall–Kier alpha value is -2.86. The van der Waals surface area contributed by atoms with Crippen LogP contribution >= 0.6 is 0 Å². The molecule has 0 aromatic heterocycles. The van der Waals surface area contributed by atoms with Crippen LogP contribution in [-0.4, -0.2) is 55.7 Å². The first-order valence-corrected chi connectivity index (χ1v) is 9.49. The third-order valence-electron chi connectivity index (χ3n) is 4.74. The SMILES string of the molecule is COCCNC(=O)C1CC(Oc2ccccc2)CN1C(=O)Cc1ccccc1. The van der Waals surface area contributed by atoms with Crippen LogP contribution in [-0.2, 0) is 20.7 Å². The number of hydrogen-bond acceptors (Lipinski definition) is 4. The molecule has 2 unspecified atom stereocenters. The highest BCUT2D eigenvalue weighted by Crippen LogP contribution is 2.24. The van der Waals surface area contributed by atoms with Gasteiger partial charge in [0.2, 0.25) is 11.8 Å². The maximum absolute atomic E-state index is 12.9. The van der Waals surface area contributed by atoms with E-state index < -0.39 is 6.04 Å². The molecule has 6 nitrogen and oxygen atoms in total. The Bertz CT molecular complexity index is 767. The maximum atomic E-state index is 12.9. The summed E-state index contributed by atoms with van der Waals surface area (Å²) in [5.41, 5.74) is 0.929. The van der Waals surface area contributed by atoms with Gasteiger partial charge in [0.15, 0.2) is 0 Å². The number of nitrogens with one attached hydrogen (secondary N) is 1. The lowest BCUT2D eigenvalue weighted by atomic mass is 10.1. The number of carbonyl (C=O) groups is 2. The van der Waals surface area contributed by atoms with E-state index in [0.29, 0.717) is 26.1 Å². The van der Waals surface area contributed by atoms with Crippen molar-refractivity contribution in [2.75, 3.05) is 26.8 Å². The standard InChI is InChI=1S/C22H26N2O4/c1-27-13-12-23-22(26)20-15-19(28-18-10-6-3-7-11-18)16-24(20)21(25)14-17-8-4-2-5-9-17/h2-11,19-20H,12-16H2,1H3,(H,23,26). The molecule has 1 N–H and O–H groups in total. The van der Waals surface area contributed by atoms with Gasteiger partial charge < -0.3 is 19.7 Å². The first kappa shape index (κ1) is 19.9. The van der Waals surface area contributed by atoms with E-state index in [-0.39, 0.29) is 24.3 Å². The number of methoxy groups -OCH3 is 1. The molecule has 1 saturated heterocycles. The van der Waals surface area contributed by atoms with E-state index in [1.807, 2.05) is 60.7 Å². The Morgan fingerprint density at radius 3 is 2.43 bits per heavy atom. The van der Waals surface area contributed by atoms with E-state index in [0.717, 1.165) is 11.3 Å². The van der Waals surface area contributed by atoms with Crippen LogP contribution in [0.4, 0.5) is 0 Å². The monoisotopic (exact) mass is 382 g/mol. The molecular formula is C22H26N2O4. The second-order valence-corrected chi connectivity index (χ2v) is 6.80. The molecule has 0 aliphatic carbocycles. The van der Waals surface area contributed by atoms with Crippen LogP contribution in [0.5, 0.6) is 5.75 Å². The second-order valence-electron chi connectivity index (χ2n) is 6.80. The van der Waals surface area contributed by atoms with Crippen LogP contribution in [0, 0.1) is 0 Å². The average Bonchev–Trinajstić information content (AvgIpc) is 3.14. The van der Waals surface area contributed by atoms with E-state index in [9.17, 15) is 9.59 Å². The normalized spacial score (nSPS) is 18.7. The van der Waals surface area contributed by atoms with Crippen molar-refractivity contribution in [1.29, 1.82) is 0 Å². The van der Waals surface area contributed by atoms with Gasteiger partial charge in [0.05, 0.1) is 19.6 Å². The quantitative estimate of drug-likeness (QED) is 0.710. The van der Waals surface area contributed by atoms with Gasteiger partial charge in [-0.15, -0.1) is 0 Å². The Morgan fingerprint density at radius 2 is 1.75 bits per heavy atom. The van der Waals surface area contributed by atoms with E-state index in [4.69, 9.17) is 9.47 Å². The highest BCUT2D eigenvalue weighted by Gasteiger charge is 2.40. The van der Waals surface area contributed by atoms with Gasteiger partial charge >= 0.3 is 0 Å². The van der Waals surface area contributed by atoms with E-state index >= 15 is 0 Å². The minimum absolute atomic E-state index is 0.0720. The Morgan fingerprint density at radius 1 is 1.07 bits per heavy atom. The predicted molar refractivity (Wildman–Crippen MR) is 106 cm³/mol. The number of nitrogens with zero attached hydrogens (tertiary/aromatic N) is 1. The molecule has 148 valence electrons. The van der Waals surface area contributed by atoms with E-state index in [1.54, 1.807) is 12.0 Å². The number of benzene rings is 2. The fourth-order valence-corrected chi connectivity index (χ4v) is 3.36. The van der Waals surface area contributed by atoms with Crippen molar-refractivity contribution in [2.24, 2.45) is 0 Å². The number of likely N-dealkylation sites (tertiary alicyclic amines) is 1. The number of hydrogen-bond donors (Lipinski definition) is 1. The summed E-state index contributed by atoms with van der Waals surface area (Å²) in [6, 6.07) is 18.5. The lowest BCUT2D eigenvalue weighted by molar-refractivity contribution is -0.138. The molecule has 28 heavy (non-hydrogen) atoms. The summed E-state index contributed by atoms with van der Waals surface area (Å²) >= 11 is 0. The van der Waals surface area contributed by atoms with Crippen molar-refractivity contribution in [3.63, 3.8) is 0 Å². The molecule has 2 atom stereocenters. The number of rotatable bonds is 8. The second kappa shape index (κ2) is 9.90. The molecule has 2 aromatic rings. The van der Waals surface area contributed by atoms with E-state index in [1.165, 1.54) is 0 Å². The number of ether oxygens (including phenoxy) is 2. The molecule has 2 aromatic carbocycles. The van der Waals surface area contributed by atoms with Gasteiger partial charge in [-0.05, 0) is 17.7 Å². The van der Waals surface area contributed by atoms with Gasteiger partial charge in [-0.1, -0.05) is 48.5 Å². The van der Waals surface area contributed by atoms with E-state index in [2.05, 4.69) is 5.32 Å². The molecule has 6 heteroatoms. The van der Waals surface area contributed by atoms with Crippen LogP contribution in [0.3, 0.4) is 0 Å². The summed E-state index contributed by atoms with van der Waals surface area (Å²) in [6.45, 7) is 1.24. The Balaban J connectivity index is 1.69. The van der Waals surface area contributed by atoms with Crippen molar-refractivity contribution < 1.29 is 19.1 Å². The first-order chi connectivity index (χ1) is 13.7. The Kier molecular flexibility index (Phi) is 7.03. The van der Waals surface area contributed by atoms with Gasteiger partial charge in [0.1, 0.15) is 17.9 Å². The van der Waals surface area contributed by atoms with Crippen molar-refractivity contribution >= 4 is 11.8 Å². The number of amides is 2. The molecule has 3 rings (SSSR count). The van der Waals surface area contributed by atoms with Crippen LogP contribution < -0.4 is 10.1 Å². The van der Waals surface area contributed by atoms with Gasteiger partial charge in [-0.2, -0.15) is 0 Å². The highest BCUT2D eigenvalue weighted by atomic mass is 16.5. The van der Waals surface area contributed by atoms with Crippen molar-refractivity contribution in [3.05, 3.63) is 66.2 Å². The van der Waals surface area contributed by atoms with Gasteiger partial charge in [-0.25, -0.2) is 0 Å². The molecule has 0 bridgehead atoms. The molecule has 0 spiro atoms. The fraction of sp³-hybridized carbons (Fsp3) is 0.364. The topological polar surface area (TPSA) is 67.9 Å². The molecule has 2 amide bonds. The summed E-state index contributed by atoms with van der Waals surface area (Å²) in [5.74, 6) is 0.498. The zero-order valence-electron chi connectivity index (χ0n) is 16.0. The largest absolute Gasteiger partial charge is 0.488 e. The van der Waals surface area contributed by atoms with Crippen LogP contribution in [0.25, 0.3) is 0 Å².